The summed E-state index contributed by atoms with van der Waals surface area (Å²) in [5, 5.41) is 26.3. The van der Waals surface area contributed by atoms with Gasteiger partial charge >= 0.3 is 0 Å². The van der Waals surface area contributed by atoms with Crippen molar-refractivity contribution in [3.63, 3.8) is 0 Å². The highest BCUT2D eigenvalue weighted by Gasteiger charge is 2.47. The number of likely N-dealkylation sites (N-methyl/N-ethyl adjacent to an activating group) is 1. The number of halogens is 2. The Bertz CT molecular complexity index is 1460. The zero-order valence-corrected chi connectivity index (χ0v) is 21.5. The Morgan fingerprint density at radius 2 is 2.03 bits per heavy atom. The number of nitrogens with zero attached hydrogens (tertiary/aromatic N) is 7. The number of carbonyl (C=O) groups excluding carboxylic acids is 1. The predicted molar refractivity (Wildman–Crippen MR) is 131 cm³/mol. The SMILES string of the molecule is CNC(=O)[C@H]1O[C@@H](n2cnc3c(NCc4cc(Br)c5oc(N(C)C)nc5n4)nc(Cl)nc32)[C@H](O)[C@@H]1O. The minimum Gasteiger partial charge on any atom is -0.420 e. The monoisotopic (exact) mass is 581 g/mol. The first-order valence-electron chi connectivity index (χ1n) is 10.7. The van der Waals surface area contributed by atoms with Gasteiger partial charge in [0, 0.05) is 21.1 Å². The van der Waals surface area contributed by atoms with Gasteiger partial charge in [0.2, 0.25) is 10.9 Å². The Hall–Kier alpha value is -3.11. The third-order valence-electron chi connectivity index (χ3n) is 5.59. The lowest BCUT2D eigenvalue weighted by molar-refractivity contribution is -0.137. The highest BCUT2D eigenvalue weighted by molar-refractivity contribution is 9.10. The number of aliphatic hydroxyl groups excluding tert-OH is 2. The van der Waals surface area contributed by atoms with Gasteiger partial charge in [-0.2, -0.15) is 15.0 Å². The molecule has 14 nitrogen and oxygen atoms in total. The Balaban J connectivity index is 1.43. The van der Waals surface area contributed by atoms with Gasteiger partial charge in [0.15, 0.2) is 34.9 Å². The van der Waals surface area contributed by atoms with Crippen LogP contribution in [0.5, 0.6) is 0 Å². The summed E-state index contributed by atoms with van der Waals surface area (Å²) in [5.41, 5.74) is 2.19. The summed E-state index contributed by atoms with van der Waals surface area (Å²) >= 11 is 9.66. The summed E-state index contributed by atoms with van der Waals surface area (Å²) in [5.74, 6) is -0.254. The number of ether oxygens (including phenoxy) is 1. The fourth-order valence-corrected chi connectivity index (χ4v) is 4.50. The van der Waals surface area contributed by atoms with E-state index in [0.717, 1.165) is 0 Å². The number of anilines is 2. The topological polar surface area (TPSA) is 177 Å². The van der Waals surface area contributed by atoms with Gasteiger partial charge in [0.05, 0.1) is 23.0 Å². The molecule has 4 aromatic rings. The van der Waals surface area contributed by atoms with E-state index in [-0.39, 0.29) is 17.5 Å². The van der Waals surface area contributed by atoms with Crippen LogP contribution in [0.15, 0.2) is 21.3 Å². The third-order valence-corrected chi connectivity index (χ3v) is 6.35. The number of imidazole rings is 1. The number of rotatable bonds is 6. The molecule has 0 aliphatic carbocycles. The van der Waals surface area contributed by atoms with Crippen molar-refractivity contribution in [2.45, 2.75) is 31.1 Å². The van der Waals surface area contributed by atoms with Gasteiger partial charge in [-0.1, -0.05) is 0 Å². The van der Waals surface area contributed by atoms with Gasteiger partial charge in [-0.3, -0.25) is 9.36 Å². The molecule has 16 heteroatoms. The summed E-state index contributed by atoms with van der Waals surface area (Å²) in [6, 6.07) is 2.22. The molecule has 0 bridgehead atoms. The minimum atomic E-state index is -1.44. The third kappa shape index (κ3) is 4.22. The minimum absolute atomic E-state index is 0.0839. The van der Waals surface area contributed by atoms with Crippen LogP contribution in [0.1, 0.15) is 11.9 Å². The van der Waals surface area contributed by atoms with E-state index in [1.54, 1.807) is 11.0 Å². The highest BCUT2D eigenvalue weighted by atomic mass is 79.9. The van der Waals surface area contributed by atoms with E-state index in [4.69, 9.17) is 20.8 Å². The van der Waals surface area contributed by atoms with Gasteiger partial charge in [-0.25, -0.2) is 9.97 Å². The number of nitrogens with one attached hydrogen (secondary N) is 2. The number of hydrogen-bond donors (Lipinski definition) is 4. The van der Waals surface area contributed by atoms with Crippen LogP contribution in [-0.2, 0) is 16.1 Å². The molecule has 5 rings (SSSR count). The molecule has 1 saturated heterocycles. The van der Waals surface area contributed by atoms with Crippen LogP contribution in [0.3, 0.4) is 0 Å². The van der Waals surface area contributed by atoms with Crippen LogP contribution < -0.4 is 15.5 Å². The maximum absolute atomic E-state index is 12.0. The summed E-state index contributed by atoms with van der Waals surface area (Å²) in [7, 11) is 5.04. The first-order valence-corrected chi connectivity index (χ1v) is 11.9. The molecule has 1 fully saturated rings. The van der Waals surface area contributed by atoms with Crippen LogP contribution >= 0.6 is 27.5 Å². The molecule has 4 N–H and O–H groups in total. The van der Waals surface area contributed by atoms with Crippen molar-refractivity contribution in [2.75, 3.05) is 31.4 Å². The van der Waals surface area contributed by atoms with Crippen LogP contribution in [0.2, 0.25) is 5.28 Å². The number of amides is 1. The zero-order chi connectivity index (χ0) is 25.7. The fraction of sp³-hybridized carbons (Fsp3) is 0.400. The van der Waals surface area contributed by atoms with E-state index in [1.807, 2.05) is 14.1 Å². The number of pyridine rings is 1. The fourth-order valence-electron chi connectivity index (χ4n) is 3.82. The molecule has 36 heavy (non-hydrogen) atoms. The summed E-state index contributed by atoms with van der Waals surface area (Å²) < 4.78 is 13.4. The maximum Gasteiger partial charge on any atom is 0.299 e. The molecule has 0 aromatic carbocycles. The van der Waals surface area contributed by atoms with Gasteiger partial charge in [-0.15, -0.1) is 0 Å². The molecule has 5 heterocycles. The van der Waals surface area contributed by atoms with Crippen LogP contribution in [-0.4, -0.2) is 85.1 Å². The number of fused-ring (bicyclic) bond motifs is 2. The maximum atomic E-state index is 12.0. The lowest BCUT2D eigenvalue weighted by Gasteiger charge is -2.16. The van der Waals surface area contributed by atoms with Gasteiger partial charge in [0.25, 0.3) is 11.9 Å². The first kappa shape index (κ1) is 24.6. The van der Waals surface area contributed by atoms with Crippen molar-refractivity contribution >= 4 is 67.7 Å². The largest absolute Gasteiger partial charge is 0.420 e. The van der Waals surface area contributed by atoms with Crippen LogP contribution in [0, 0.1) is 0 Å². The molecule has 4 aromatic heterocycles. The highest BCUT2D eigenvalue weighted by Crippen LogP contribution is 2.33. The molecule has 4 atom stereocenters. The van der Waals surface area contributed by atoms with E-state index in [2.05, 4.69) is 51.5 Å². The van der Waals surface area contributed by atoms with Crippen LogP contribution in [0.25, 0.3) is 22.4 Å². The molecule has 1 aliphatic heterocycles. The molecule has 1 amide bonds. The van der Waals surface area contributed by atoms with E-state index in [1.165, 1.54) is 17.9 Å². The molecule has 190 valence electrons. The molecule has 0 unspecified atom stereocenters. The smallest absolute Gasteiger partial charge is 0.299 e. The second-order valence-electron chi connectivity index (χ2n) is 8.20. The van der Waals surface area contributed by atoms with E-state index >= 15 is 0 Å². The lowest BCUT2D eigenvalue weighted by atomic mass is 10.1. The number of aliphatic hydroxyl groups is 2. The predicted octanol–water partition coefficient (Wildman–Crippen LogP) is 0.822. The summed E-state index contributed by atoms with van der Waals surface area (Å²) in [6.07, 6.45) is -3.85. The average molecular weight is 583 g/mol. The van der Waals surface area contributed by atoms with Crippen molar-refractivity contribution < 1.29 is 24.2 Å². The molecule has 0 spiro atoms. The van der Waals surface area contributed by atoms with Crippen molar-refractivity contribution in [1.82, 2.24) is 34.8 Å². The van der Waals surface area contributed by atoms with Gasteiger partial charge in [0.1, 0.15) is 12.2 Å². The molecule has 1 aliphatic rings. The Kier molecular flexibility index (Phi) is 6.42. The second-order valence-corrected chi connectivity index (χ2v) is 9.39. The van der Waals surface area contributed by atoms with E-state index in [0.29, 0.717) is 38.7 Å². The standard InChI is InChI=1S/C20H21BrClN9O5/c1-23-17(34)13-10(32)11(33)18(35-13)31-6-25-9-14(27-19(22)29-16(9)31)24-5-7-4-8(21)12-15(26-7)28-20(36-12)30(2)3/h4,6,10-11,13,18,32-33H,5H2,1-3H3,(H,23,34)(H,24,27,29)/t10-,11+,13-,18+/m0/s1. The Morgan fingerprint density at radius 1 is 1.25 bits per heavy atom. The normalized spacial score (nSPS) is 21.9. The Labute approximate surface area is 216 Å². The van der Waals surface area contributed by atoms with E-state index in [9.17, 15) is 15.0 Å². The molecule has 0 radical (unpaired) electrons. The molecular formula is C20H21BrClN9O5. The van der Waals surface area contributed by atoms with Crippen molar-refractivity contribution in [1.29, 1.82) is 0 Å². The first-order chi connectivity index (χ1) is 17.2. The lowest BCUT2D eigenvalue weighted by Crippen LogP contribution is -2.41. The summed E-state index contributed by atoms with van der Waals surface area (Å²) in [6.45, 7) is 0.244. The van der Waals surface area contributed by atoms with Crippen molar-refractivity contribution in [3.05, 3.63) is 27.8 Å². The average Bonchev–Trinajstić information content (AvgIpc) is 3.54. The van der Waals surface area contributed by atoms with Crippen molar-refractivity contribution in [3.8, 4) is 0 Å². The summed E-state index contributed by atoms with van der Waals surface area (Å²) in [4.78, 5) is 35.4. The quantitative estimate of drug-likeness (QED) is 0.236. The number of hydrogen-bond acceptors (Lipinski definition) is 12. The molecular weight excluding hydrogens is 562 g/mol. The van der Waals surface area contributed by atoms with Crippen molar-refractivity contribution in [2.24, 2.45) is 0 Å². The van der Waals surface area contributed by atoms with Crippen LogP contribution in [0.4, 0.5) is 11.8 Å². The van der Waals surface area contributed by atoms with E-state index < -0.39 is 30.4 Å². The number of oxazole rings is 1. The number of aromatic nitrogens is 6. The number of carbonyl (C=O) groups is 1. The van der Waals surface area contributed by atoms with Gasteiger partial charge < -0.3 is 34.9 Å². The Morgan fingerprint density at radius 3 is 2.75 bits per heavy atom. The second kappa shape index (κ2) is 9.40. The molecule has 0 saturated carbocycles. The van der Waals surface area contributed by atoms with Gasteiger partial charge in [-0.05, 0) is 33.6 Å². The zero-order valence-electron chi connectivity index (χ0n) is 19.2.